The van der Waals surface area contributed by atoms with Crippen molar-refractivity contribution in [2.24, 2.45) is 0 Å². The summed E-state index contributed by atoms with van der Waals surface area (Å²) >= 11 is 0. The number of benzene rings is 3. The fraction of sp³-hybridized carbons (Fsp3) is 0.172. The lowest BCUT2D eigenvalue weighted by atomic mass is 10.1. The second-order valence-corrected chi connectivity index (χ2v) is 6.95. The monoisotopic (exact) mass is 428 g/mol. The molecule has 1 aliphatic carbocycles. The second kappa shape index (κ2) is 13.7. The first kappa shape index (κ1) is 24.7. The van der Waals surface area contributed by atoms with Gasteiger partial charge in [0, 0.05) is 17.7 Å². The molecule has 0 aromatic heterocycles. The standard InChI is InChI=1S/C12H16O2.C9H8.C8H8O/c1-4-11-8-6-7-9-12(11)14-10(3)13-5-2;1-2-5-9-7-3-6-8(9)4-1;1-2-7-5-3-4-6-8(7)9/h4,6-10H,1,5H2,2-3H3;1-6H,7H2;2-6,9H,1H2. The molecule has 0 aliphatic heterocycles. The number of phenols is 1. The summed E-state index contributed by atoms with van der Waals surface area (Å²) in [6, 6.07) is 23.3. The van der Waals surface area contributed by atoms with Gasteiger partial charge in [0.05, 0.1) is 0 Å². The van der Waals surface area contributed by atoms with Gasteiger partial charge in [0.25, 0.3) is 0 Å². The highest BCUT2D eigenvalue weighted by atomic mass is 16.7. The van der Waals surface area contributed by atoms with E-state index in [1.165, 1.54) is 11.1 Å². The molecule has 0 heterocycles. The first-order valence-electron chi connectivity index (χ1n) is 10.7. The molecule has 4 rings (SSSR count). The third-order valence-corrected chi connectivity index (χ3v) is 4.68. The minimum atomic E-state index is -0.221. The van der Waals surface area contributed by atoms with Crippen LogP contribution in [0.2, 0.25) is 0 Å². The lowest BCUT2D eigenvalue weighted by molar-refractivity contribution is -0.0614. The fourth-order valence-corrected chi connectivity index (χ4v) is 3.06. The molecule has 0 radical (unpaired) electrons. The fourth-order valence-electron chi connectivity index (χ4n) is 3.06. The van der Waals surface area contributed by atoms with Crippen molar-refractivity contribution in [2.75, 3.05) is 6.61 Å². The number of hydrogen-bond donors (Lipinski definition) is 1. The molecule has 1 unspecified atom stereocenters. The number of allylic oxidation sites excluding steroid dienone is 1. The number of para-hydroxylation sites is 2. The van der Waals surface area contributed by atoms with E-state index in [0.29, 0.717) is 6.61 Å². The SMILES string of the molecule is C1=Cc2ccccc2C1.C=Cc1ccccc1O.C=Cc1ccccc1OC(C)OCC. The highest BCUT2D eigenvalue weighted by molar-refractivity contribution is 5.59. The Morgan fingerprint density at radius 2 is 1.53 bits per heavy atom. The molecule has 3 heteroatoms. The Balaban J connectivity index is 0.000000176. The quantitative estimate of drug-likeness (QED) is 0.416. The van der Waals surface area contributed by atoms with Gasteiger partial charge in [-0.2, -0.15) is 0 Å². The summed E-state index contributed by atoms with van der Waals surface area (Å²) in [4.78, 5) is 0. The molecule has 3 nitrogen and oxygen atoms in total. The zero-order valence-electron chi connectivity index (χ0n) is 18.9. The minimum absolute atomic E-state index is 0.221. The summed E-state index contributed by atoms with van der Waals surface area (Å²) in [6.07, 6.45) is 8.67. The topological polar surface area (TPSA) is 38.7 Å². The molecule has 3 aromatic carbocycles. The van der Waals surface area contributed by atoms with Crippen molar-refractivity contribution in [2.45, 2.75) is 26.6 Å². The van der Waals surface area contributed by atoms with Crippen LogP contribution in [-0.2, 0) is 11.2 Å². The third kappa shape index (κ3) is 7.93. The predicted octanol–water partition coefficient (Wildman–Crippen LogP) is 7.38. The molecule has 3 aromatic rings. The summed E-state index contributed by atoms with van der Waals surface area (Å²) < 4.78 is 10.9. The smallest absolute Gasteiger partial charge is 0.196 e. The van der Waals surface area contributed by atoms with Crippen molar-refractivity contribution in [3.63, 3.8) is 0 Å². The number of ether oxygens (including phenoxy) is 2. The highest BCUT2D eigenvalue weighted by Crippen LogP contribution is 2.20. The van der Waals surface area contributed by atoms with Crippen LogP contribution < -0.4 is 4.74 Å². The van der Waals surface area contributed by atoms with Gasteiger partial charge in [-0.05, 0) is 43.5 Å². The van der Waals surface area contributed by atoms with Crippen molar-refractivity contribution in [3.8, 4) is 11.5 Å². The molecule has 1 aliphatic rings. The van der Waals surface area contributed by atoms with Crippen molar-refractivity contribution < 1.29 is 14.6 Å². The Kier molecular flexibility index (Phi) is 10.6. The van der Waals surface area contributed by atoms with Crippen molar-refractivity contribution >= 4 is 18.2 Å². The van der Waals surface area contributed by atoms with Gasteiger partial charge in [-0.3, -0.25) is 0 Å². The number of rotatable bonds is 6. The van der Waals surface area contributed by atoms with E-state index in [1.807, 2.05) is 50.2 Å². The van der Waals surface area contributed by atoms with Crippen LogP contribution in [0.4, 0.5) is 0 Å². The van der Waals surface area contributed by atoms with Crippen LogP contribution in [0, 0.1) is 0 Å². The highest BCUT2D eigenvalue weighted by Gasteiger charge is 2.05. The van der Waals surface area contributed by atoms with E-state index in [9.17, 15) is 0 Å². The maximum Gasteiger partial charge on any atom is 0.196 e. The van der Waals surface area contributed by atoms with E-state index in [-0.39, 0.29) is 12.0 Å². The molecular weight excluding hydrogens is 396 g/mol. The van der Waals surface area contributed by atoms with Gasteiger partial charge >= 0.3 is 0 Å². The van der Waals surface area contributed by atoms with Crippen LogP contribution in [0.3, 0.4) is 0 Å². The van der Waals surface area contributed by atoms with Gasteiger partial charge in [0.1, 0.15) is 11.5 Å². The van der Waals surface area contributed by atoms with Gasteiger partial charge in [-0.15, -0.1) is 0 Å². The Morgan fingerprint density at radius 3 is 2.16 bits per heavy atom. The average Bonchev–Trinajstić information content (AvgIpc) is 3.30. The van der Waals surface area contributed by atoms with E-state index in [2.05, 4.69) is 49.6 Å². The second-order valence-electron chi connectivity index (χ2n) is 6.95. The van der Waals surface area contributed by atoms with Crippen LogP contribution in [0.25, 0.3) is 18.2 Å². The molecule has 32 heavy (non-hydrogen) atoms. The Labute approximate surface area is 192 Å². The van der Waals surface area contributed by atoms with Crippen molar-refractivity contribution in [3.05, 3.63) is 114 Å². The van der Waals surface area contributed by atoms with E-state index < -0.39 is 0 Å². The van der Waals surface area contributed by atoms with Crippen LogP contribution in [0.15, 0.2) is 92.0 Å². The molecule has 0 saturated carbocycles. The van der Waals surface area contributed by atoms with Crippen LogP contribution in [0.5, 0.6) is 11.5 Å². The number of hydrogen-bond acceptors (Lipinski definition) is 3. The molecule has 0 spiro atoms. The Hall–Kier alpha value is -3.56. The van der Waals surface area contributed by atoms with E-state index in [1.54, 1.807) is 24.3 Å². The van der Waals surface area contributed by atoms with Crippen LogP contribution in [0.1, 0.15) is 36.1 Å². The molecule has 166 valence electrons. The Morgan fingerprint density at radius 1 is 0.906 bits per heavy atom. The van der Waals surface area contributed by atoms with E-state index in [0.717, 1.165) is 23.3 Å². The van der Waals surface area contributed by atoms with Gasteiger partial charge in [-0.1, -0.05) is 98.1 Å². The lowest BCUT2D eigenvalue weighted by Gasteiger charge is -2.15. The van der Waals surface area contributed by atoms with Gasteiger partial charge in [0.15, 0.2) is 6.29 Å². The molecule has 0 bridgehead atoms. The van der Waals surface area contributed by atoms with Gasteiger partial charge in [0.2, 0.25) is 0 Å². The first-order chi connectivity index (χ1) is 15.6. The summed E-state index contributed by atoms with van der Waals surface area (Å²) in [5.74, 6) is 1.09. The zero-order valence-corrected chi connectivity index (χ0v) is 18.9. The maximum absolute atomic E-state index is 9.04. The first-order valence-corrected chi connectivity index (χ1v) is 10.7. The predicted molar refractivity (Wildman–Crippen MR) is 136 cm³/mol. The van der Waals surface area contributed by atoms with E-state index >= 15 is 0 Å². The van der Waals surface area contributed by atoms with Crippen molar-refractivity contribution in [1.29, 1.82) is 0 Å². The molecule has 1 atom stereocenters. The molecule has 0 amide bonds. The summed E-state index contributed by atoms with van der Waals surface area (Å²) in [5.41, 5.74) is 4.60. The lowest BCUT2D eigenvalue weighted by Crippen LogP contribution is -2.16. The number of fused-ring (bicyclic) bond motifs is 1. The summed E-state index contributed by atoms with van der Waals surface area (Å²) in [5, 5.41) is 9.04. The van der Waals surface area contributed by atoms with E-state index in [4.69, 9.17) is 14.6 Å². The normalized spacial score (nSPS) is 11.7. The molecule has 0 saturated heterocycles. The molecule has 1 N–H and O–H groups in total. The maximum atomic E-state index is 9.04. The van der Waals surface area contributed by atoms with Crippen molar-refractivity contribution in [1.82, 2.24) is 0 Å². The molecular formula is C29H32O3. The summed E-state index contributed by atoms with van der Waals surface area (Å²) in [7, 11) is 0. The van der Waals surface area contributed by atoms with Crippen LogP contribution in [-0.4, -0.2) is 18.0 Å². The minimum Gasteiger partial charge on any atom is -0.507 e. The number of phenolic OH excluding ortho intramolecular Hbond substituents is 1. The number of aromatic hydroxyl groups is 1. The summed E-state index contributed by atoms with van der Waals surface area (Å²) in [6.45, 7) is 11.7. The van der Waals surface area contributed by atoms with Gasteiger partial charge < -0.3 is 14.6 Å². The van der Waals surface area contributed by atoms with Crippen LogP contribution >= 0.6 is 0 Å². The third-order valence-electron chi connectivity index (χ3n) is 4.68. The molecule has 0 fully saturated rings. The largest absolute Gasteiger partial charge is 0.507 e. The van der Waals surface area contributed by atoms with Gasteiger partial charge in [-0.25, -0.2) is 0 Å². The zero-order chi connectivity index (χ0) is 23.2. The average molecular weight is 429 g/mol. The Bertz CT molecular complexity index is 1010.